The topological polar surface area (TPSA) is 69.7 Å². The second kappa shape index (κ2) is 9.32. The highest BCUT2D eigenvalue weighted by atomic mass is 19.1. The van der Waals surface area contributed by atoms with Crippen molar-refractivity contribution in [1.29, 1.82) is 0 Å². The van der Waals surface area contributed by atoms with Gasteiger partial charge in [0.05, 0.1) is 0 Å². The molecule has 3 amide bonds. The van der Waals surface area contributed by atoms with Gasteiger partial charge in [0, 0.05) is 38.3 Å². The van der Waals surface area contributed by atoms with Crippen molar-refractivity contribution in [2.24, 2.45) is 0 Å². The number of benzene rings is 2. The molecule has 1 heterocycles. The molecule has 0 aromatic heterocycles. The van der Waals surface area contributed by atoms with Crippen LogP contribution in [0.25, 0.3) is 0 Å². The van der Waals surface area contributed by atoms with Crippen LogP contribution in [0.4, 0.5) is 4.39 Å². The number of piperazine rings is 1. The van der Waals surface area contributed by atoms with Gasteiger partial charge < -0.3 is 15.1 Å². The highest BCUT2D eigenvalue weighted by molar-refractivity contribution is 6.35. The summed E-state index contributed by atoms with van der Waals surface area (Å²) in [5.41, 5.74) is 2.19. The highest BCUT2D eigenvalue weighted by Gasteiger charge is 2.32. The molecule has 0 aliphatic carbocycles. The molecule has 1 N–H and O–H groups in total. The van der Waals surface area contributed by atoms with E-state index in [1.165, 1.54) is 21.9 Å². The van der Waals surface area contributed by atoms with E-state index < -0.39 is 11.8 Å². The van der Waals surface area contributed by atoms with Crippen LogP contribution in [0.5, 0.6) is 0 Å². The SMILES string of the molecule is CCCNC(=O)c1ccc(CN2CCN(Cc3ccc(F)cc3)C(=O)C2=O)cc1. The quantitative estimate of drug-likeness (QED) is 0.729. The van der Waals surface area contributed by atoms with Gasteiger partial charge in [-0.2, -0.15) is 0 Å². The minimum atomic E-state index is -0.559. The predicted molar refractivity (Wildman–Crippen MR) is 106 cm³/mol. The third kappa shape index (κ3) is 5.19. The number of nitrogens with zero attached hydrogens (tertiary/aromatic N) is 2. The van der Waals surface area contributed by atoms with Gasteiger partial charge >= 0.3 is 11.8 Å². The summed E-state index contributed by atoms with van der Waals surface area (Å²) in [6.45, 7) is 4.04. The standard InChI is InChI=1S/C22H24FN3O3/c1-2-11-24-20(27)18-7-3-16(4-8-18)14-25-12-13-26(22(29)21(25)28)15-17-5-9-19(23)10-6-17/h3-10H,2,11-15H2,1H3,(H,24,27). The van der Waals surface area contributed by atoms with Crippen LogP contribution in [-0.2, 0) is 22.7 Å². The first-order valence-corrected chi connectivity index (χ1v) is 9.67. The Morgan fingerprint density at radius 3 is 1.86 bits per heavy atom. The number of carbonyl (C=O) groups excluding carboxylic acids is 3. The van der Waals surface area contributed by atoms with Crippen molar-refractivity contribution in [2.75, 3.05) is 19.6 Å². The Balaban J connectivity index is 1.57. The van der Waals surface area contributed by atoms with Gasteiger partial charge in [-0.15, -0.1) is 0 Å². The van der Waals surface area contributed by atoms with Gasteiger partial charge in [-0.3, -0.25) is 14.4 Å². The van der Waals surface area contributed by atoms with Crippen molar-refractivity contribution in [3.8, 4) is 0 Å². The summed E-state index contributed by atoms with van der Waals surface area (Å²) in [5.74, 6) is -1.58. The lowest BCUT2D eigenvalue weighted by Crippen LogP contribution is -2.53. The summed E-state index contributed by atoms with van der Waals surface area (Å²) in [4.78, 5) is 39.9. The monoisotopic (exact) mass is 397 g/mol. The summed E-state index contributed by atoms with van der Waals surface area (Å²) in [7, 11) is 0. The van der Waals surface area contributed by atoms with Crippen molar-refractivity contribution >= 4 is 17.7 Å². The van der Waals surface area contributed by atoms with Crippen LogP contribution in [0.1, 0.15) is 34.8 Å². The Morgan fingerprint density at radius 1 is 0.897 bits per heavy atom. The summed E-state index contributed by atoms with van der Waals surface area (Å²) < 4.78 is 13.0. The fourth-order valence-electron chi connectivity index (χ4n) is 3.15. The fraction of sp³-hybridized carbons (Fsp3) is 0.318. The van der Waals surface area contributed by atoms with E-state index in [2.05, 4.69) is 5.32 Å². The number of amides is 3. The average molecular weight is 397 g/mol. The molecule has 1 fully saturated rings. The van der Waals surface area contributed by atoms with E-state index in [-0.39, 0.29) is 18.3 Å². The van der Waals surface area contributed by atoms with E-state index in [1.54, 1.807) is 36.4 Å². The minimum absolute atomic E-state index is 0.126. The van der Waals surface area contributed by atoms with Gasteiger partial charge in [0.25, 0.3) is 5.91 Å². The van der Waals surface area contributed by atoms with E-state index in [1.807, 2.05) is 6.92 Å². The van der Waals surface area contributed by atoms with E-state index in [0.717, 1.165) is 17.5 Å². The van der Waals surface area contributed by atoms with Crippen molar-refractivity contribution in [3.05, 3.63) is 71.0 Å². The Bertz CT molecular complexity index is 881. The molecule has 6 nitrogen and oxygen atoms in total. The molecule has 7 heteroatoms. The molecular formula is C22H24FN3O3. The molecule has 29 heavy (non-hydrogen) atoms. The Hall–Kier alpha value is -3.22. The Labute approximate surface area is 169 Å². The summed E-state index contributed by atoms with van der Waals surface area (Å²) >= 11 is 0. The van der Waals surface area contributed by atoms with E-state index in [9.17, 15) is 18.8 Å². The molecule has 0 saturated carbocycles. The maximum absolute atomic E-state index is 13.0. The van der Waals surface area contributed by atoms with Crippen LogP contribution in [0.2, 0.25) is 0 Å². The minimum Gasteiger partial charge on any atom is -0.352 e. The first-order chi connectivity index (χ1) is 14.0. The number of nitrogens with one attached hydrogen (secondary N) is 1. The Kier molecular flexibility index (Phi) is 6.59. The summed E-state index contributed by atoms with van der Waals surface area (Å²) in [6.07, 6.45) is 0.868. The number of hydrogen-bond donors (Lipinski definition) is 1. The second-order valence-corrected chi connectivity index (χ2v) is 7.03. The maximum atomic E-state index is 13.0. The van der Waals surface area contributed by atoms with Crippen molar-refractivity contribution in [1.82, 2.24) is 15.1 Å². The summed E-state index contributed by atoms with van der Waals surface area (Å²) in [6, 6.07) is 12.9. The second-order valence-electron chi connectivity index (χ2n) is 7.03. The summed E-state index contributed by atoms with van der Waals surface area (Å²) in [5, 5.41) is 2.82. The zero-order chi connectivity index (χ0) is 20.8. The van der Waals surface area contributed by atoms with Crippen molar-refractivity contribution in [2.45, 2.75) is 26.4 Å². The molecule has 1 saturated heterocycles. The number of rotatable bonds is 7. The molecule has 1 aliphatic rings. The molecule has 2 aromatic carbocycles. The first kappa shape index (κ1) is 20.5. The van der Waals surface area contributed by atoms with Crippen LogP contribution in [0.15, 0.2) is 48.5 Å². The van der Waals surface area contributed by atoms with Crippen LogP contribution < -0.4 is 5.32 Å². The van der Waals surface area contributed by atoms with Gasteiger partial charge in [-0.25, -0.2) is 4.39 Å². The molecule has 0 atom stereocenters. The zero-order valence-corrected chi connectivity index (χ0v) is 16.4. The van der Waals surface area contributed by atoms with Crippen molar-refractivity contribution in [3.63, 3.8) is 0 Å². The van der Waals surface area contributed by atoms with Crippen LogP contribution >= 0.6 is 0 Å². The molecule has 0 radical (unpaired) electrons. The van der Waals surface area contributed by atoms with Gasteiger partial charge in [-0.1, -0.05) is 31.2 Å². The molecule has 0 bridgehead atoms. The van der Waals surface area contributed by atoms with Crippen LogP contribution in [-0.4, -0.2) is 47.2 Å². The van der Waals surface area contributed by atoms with E-state index in [4.69, 9.17) is 0 Å². The highest BCUT2D eigenvalue weighted by Crippen LogP contribution is 2.15. The smallest absolute Gasteiger partial charge is 0.312 e. The lowest BCUT2D eigenvalue weighted by Gasteiger charge is -2.33. The van der Waals surface area contributed by atoms with Crippen LogP contribution in [0.3, 0.4) is 0 Å². The van der Waals surface area contributed by atoms with Gasteiger partial charge in [0.1, 0.15) is 5.82 Å². The van der Waals surface area contributed by atoms with E-state index in [0.29, 0.717) is 31.7 Å². The molecule has 0 unspecified atom stereocenters. The lowest BCUT2D eigenvalue weighted by molar-refractivity contribution is -0.156. The van der Waals surface area contributed by atoms with E-state index >= 15 is 0 Å². The molecule has 152 valence electrons. The zero-order valence-electron chi connectivity index (χ0n) is 16.4. The lowest BCUT2D eigenvalue weighted by atomic mass is 10.1. The van der Waals surface area contributed by atoms with Crippen molar-refractivity contribution < 1.29 is 18.8 Å². The van der Waals surface area contributed by atoms with Gasteiger partial charge in [0.2, 0.25) is 0 Å². The average Bonchev–Trinajstić information content (AvgIpc) is 2.73. The molecular weight excluding hydrogens is 373 g/mol. The molecule has 3 rings (SSSR count). The third-order valence-electron chi connectivity index (χ3n) is 4.81. The first-order valence-electron chi connectivity index (χ1n) is 9.67. The number of hydrogen-bond acceptors (Lipinski definition) is 3. The maximum Gasteiger partial charge on any atom is 0.312 e. The normalized spacial score (nSPS) is 14.3. The molecule has 2 aromatic rings. The largest absolute Gasteiger partial charge is 0.352 e. The molecule has 0 spiro atoms. The predicted octanol–water partition coefficient (Wildman–Crippen LogP) is 2.34. The number of carbonyl (C=O) groups is 3. The fourth-order valence-corrected chi connectivity index (χ4v) is 3.15. The van der Waals surface area contributed by atoms with Gasteiger partial charge in [0.15, 0.2) is 0 Å². The Morgan fingerprint density at radius 2 is 1.38 bits per heavy atom. The van der Waals surface area contributed by atoms with Crippen LogP contribution in [0, 0.1) is 5.82 Å². The van der Waals surface area contributed by atoms with Gasteiger partial charge in [-0.05, 0) is 41.8 Å². The number of halogens is 1. The third-order valence-corrected chi connectivity index (χ3v) is 4.81. The molecule has 1 aliphatic heterocycles.